The van der Waals surface area contributed by atoms with Crippen LogP contribution < -0.4 is 10.6 Å². The molecule has 6 atom stereocenters. The zero-order valence-electron chi connectivity index (χ0n) is 23.4. The Labute approximate surface area is 228 Å². The largest absolute Gasteiger partial charge is 0.390 e. The molecule has 5 fully saturated rings. The van der Waals surface area contributed by atoms with E-state index < -0.39 is 6.10 Å². The second-order valence-electron chi connectivity index (χ2n) is 12.5. The van der Waals surface area contributed by atoms with Crippen LogP contribution in [0.4, 0.5) is 0 Å². The van der Waals surface area contributed by atoms with Gasteiger partial charge in [-0.3, -0.25) is 10.1 Å². The lowest BCUT2D eigenvalue weighted by molar-refractivity contribution is -0.128. The third-order valence-electron chi connectivity index (χ3n) is 9.74. The summed E-state index contributed by atoms with van der Waals surface area (Å²) < 4.78 is 23.6. The molecule has 2 saturated carbocycles. The van der Waals surface area contributed by atoms with Gasteiger partial charge in [-0.2, -0.15) is 0 Å². The molecule has 2 aliphatic carbocycles. The van der Waals surface area contributed by atoms with Gasteiger partial charge in [-0.25, -0.2) is 0 Å². The van der Waals surface area contributed by atoms with Gasteiger partial charge in [-0.1, -0.05) is 0 Å². The van der Waals surface area contributed by atoms with Crippen LogP contribution in [-0.2, 0) is 23.7 Å². The van der Waals surface area contributed by atoms with Crippen molar-refractivity contribution in [3.05, 3.63) is 0 Å². The Balaban J connectivity index is 0.940. The Morgan fingerprint density at radius 3 is 2.55 bits per heavy atom. The molecule has 9 nitrogen and oxygen atoms in total. The summed E-state index contributed by atoms with van der Waals surface area (Å²) in [6.45, 7) is 8.11. The summed E-state index contributed by atoms with van der Waals surface area (Å²) in [6, 6.07) is 0.364. The number of hydrogen-bond donors (Lipinski definition) is 3. The minimum absolute atomic E-state index is 0.0459. The van der Waals surface area contributed by atoms with Gasteiger partial charge in [0.05, 0.1) is 43.9 Å². The molecule has 3 aliphatic heterocycles. The molecule has 5 aliphatic rings. The van der Waals surface area contributed by atoms with Crippen molar-refractivity contribution >= 4 is 5.91 Å². The lowest BCUT2D eigenvalue weighted by Crippen LogP contribution is -2.49. The maximum Gasteiger partial charge on any atom is 0.223 e. The number of likely N-dealkylation sites (tertiary alicyclic amines) is 1. The fourth-order valence-corrected chi connectivity index (χ4v) is 7.22. The number of fused-ring (bicyclic) bond motifs is 1. The van der Waals surface area contributed by atoms with Gasteiger partial charge in [-0.15, -0.1) is 0 Å². The van der Waals surface area contributed by atoms with E-state index in [0.717, 1.165) is 77.7 Å². The third kappa shape index (κ3) is 8.12. The number of hydrogen-bond acceptors (Lipinski definition) is 8. The van der Waals surface area contributed by atoms with Crippen molar-refractivity contribution in [2.75, 3.05) is 52.7 Å². The van der Waals surface area contributed by atoms with Gasteiger partial charge in [-0.05, 0) is 89.5 Å². The zero-order chi connectivity index (χ0) is 26.3. The monoisotopic (exact) mass is 537 g/mol. The molecule has 0 bridgehead atoms. The van der Waals surface area contributed by atoms with Crippen molar-refractivity contribution in [2.45, 2.75) is 108 Å². The predicted molar refractivity (Wildman–Crippen MR) is 144 cm³/mol. The smallest absolute Gasteiger partial charge is 0.223 e. The lowest BCUT2D eigenvalue weighted by atomic mass is 9.74. The number of amides is 1. The molecule has 38 heavy (non-hydrogen) atoms. The van der Waals surface area contributed by atoms with Crippen LogP contribution in [0.5, 0.6) is 0 Å². The highest BCUT2D eigenvalue weighted by atomic mass is 16.6. The standard InChI is InChI=1S/C29H51N3O6/c1-20-28(37-19-31-20)18-36-27-7-4-23-16-32(11-8-22(23)14-27)17-24(33)15-30-29(34)21-2-5-25(6-3-21)38-26-9-12-35-13-10-26/h20-28,31,33H,2-19H2,1H3,(H,30,34)/t20?,21?,22?,23?,24-,25?,27?,28?/m0/s1. The maximum absolute atomic E-state index is 12.7. The number of nitrogens with zero attached hydrogens (tertiary/aromatic N) is 1. The normalized spacial score (nSPS) is 38.0. The molecule has 5 rings (SSSR count). The number of piperidine rings is 1. The van der Waals surface area contributed by atoms with Crippen LogP contribution >= 0.6 is 0 Å². The van der Waals surface area contributed by atoms with E-state index in [1.807, 2.05) is 0 Å². The van der Waals surface area contributed by atoms with Crippen molar-refractivity contribution in [3.8, 4) is 0 Å². The van der Waals surface area contributed by atoms with Crippen LogP contribution in [0.2, 0.25) is 0 Å². The molecular weight excluding hydrogens is 486 g/mol. The first-order valence-electron chi connectivity index (χ1n) is 15.4. The summed E-state index contributed by atoms with van der Waals surface area (Å²) in [5.41, 5.74) is 0. The second-order valence-corrected chi connectivity index (χ2v) is 12.5. The number of β-amino-alcohol motifs (C(OH)–C–C–N with tert-alkyl or cyclic N) is 1. The van der Waals surface area contributed by atoms with E-state index in [4.69, 9.17) is 18.9 Å². The molecule has 0 spiro atoms. The summed E-state index contributed by atoms with van der Waals surface area (Å²) >= 11 is 0. The topological polar surface area (TPSA) is 102 Å². The highest BCUT2D eigenvalue weighted by Crippen LogP contribution is 2.37. The molecule has 1 amide bonds. The molecule has 9 heteroatoms. The fraction of sp³-hybridized carbons (Fsp3) is 0.966. The Morgan fingerprint density at radius 2 is 1.79 bits per heavy atom. The zero-order valence-corrected chi connectivity index (χ0v) is 23.4. The Hall–Kier alpha value is -0.810. The third-order valence-corrected chi connectivity index (χ3v) is 9.74. The van der Waals surface area contributed by atoms with Crippen molar-refractivity contribution in [1.82, 2.24) is 15.5 Å². The minimum Gasteiger partial charge on any atom is -0.390 e. The molecule has 5 unspecified atom stereocenters. The molecule has 0 aromatic heterocycles. The number of nitrogens with one attached hydrogen (secondary N) is 2. The SMILES string of the molecule is CC1NCOC1COC1CCC2CN(C[C@@H](O)CNC(=O)C3CCC(OC4CCOCC4)CC3)CCC2C1. The number of aliphatic hydroxyl groups excluding tert-OH is 1. The Morgan fingerprint density at radius 1 is 1.03 bits per heavy atom. The first kappa shape index (κ1) is 28.7. The van der Waals surface area contributed by atoms with Gasteiger partial charge in [0.2, 0.25) is 5.91 Å². The second kappa shape index (κ2) is 14.2. The lowest BCUT2D eigenvalue weighted by Gasteiger charge is -2.44. The molecule has 218 valence electrons. The molecule has 0 aromatic rings. The van der Waals surface area contributed by atoms with Crippen molar-refractivity contribution in [1.29, 1.82) is 0 Å². The van der Waals surface area contributed by atoms with Gasteiger partial charge in [0, 0.05) is 44.8 Å². The number of ether oxygens (including phenoxy) is 4. The van der Waals surface area contributed by atoms with Gasteiger partial charge >= 0.3 is 0 Å². The Kier molecular flexibility index (Phi) is 10.7. The van der Waals surface area contributed by atoms with Gasteiger partial charge in [0.25, 0.3) is 0 Å². The van der Waals surface area contributed by atoms with Crippen LogP contribution in [0, 0.1) is 17.8 Å². The van der Waals surface area contributed by atoms with Crippen molar-refractivity contribution in [3.63, 3.8) is 0 Å². The minimum atomic E-state index is -0.523. The summed E-state index contributed by atoms with van der Waals surface area (Å²) in [6.07, 6.45) is 10.8. The number of carbonyl (C=O) groups excluding carboxylic acids is 1. The van der Waals surface area contributed by atoms with E-state index >= 15 is 0 Å². The molecule has 3 N–H and O–H groups in total. The first-order valence-corrected chi connectivity index (χ1v) is 15.4. The van der Waals surface area contributed by atoms with Crippen LogP contribution in [0.15, 0.2) is 0 Å². The van der Waals surface area contributed by atoms with E-state index in [-0.39, 0.29) is 24.0 Å². The molecule has 3 heterocycles. The van der Waals surface area contributed by atoms with E-state index in [0.29, 0.717) is 56.5 Å². The van der Waals surface area contributed by atoms with Crippen LogP contribution in [0.3, 0.4) is 0 Å². The van der Waals surface area contributed by atoms with Crippen molar-refractivity contribution < 1.29 is 28.8 Å². The highest BCUT2D eigenvalue weighted by Gasteiger charge is 2.36. The molecular formula is C29H51N3O6. The number of carbonyl (C=O) groups is 1. The van der Waals surface area contributed by atoms with E-state index in [1.54, 1.807) is 0 Å². The highest BCUT2D eigenvalue weighted by molar-refractivity contribution is 5.78. The first-order chi connectivity index (χ1) is 18.5. The van der Waals surface area contributed by atoms with Crippen molar-refractivity contribution in [2.24, 2.45) is 17.8 Å². The van der Waals surface area contributed by atoms with Crippen LogP contribution in [0.1, 0.15) is 71.1 Å². The average molecular weight is 538 g/mol. The summed E-state index contributed by atoms with van der Waals surface area (Å²) in [7, 11) is 0. The molecule has 0 radical (unpaired) electrons. The average Bonchev–Trinajstić information content (AvgIpc) is 3.36. The molecule has 3 saturated heterocycles. The van der Waals surface area contributed by atoms with Crippen LogP contribution in [0.25, 0.3) is 0 Å². The van der Waals surface area contributed by atoms with Gasteiger partial charge in [0.15, 0.2) is 0 Å². The van der Waals surface area contributed by atoms with E-state index in [2.05, 4.69) is 22.5 Å². The fourth-order valence-electron chi connectivity index (χ4n) is 7.22. The predicted octanol–water partition coefficient (Wildman–Crippen LogP) is 2.06. The summed E-state index contributed by atoms with van der Waals surface area (Å²) in [5, 5.41) is 17.0. The van der Waals surface area contributed by atoms with Gasteiger partial charge < -0.3 is 34.3 Å². The van der Waals surface area contributed by atoms with E-state index in [1.165, 1.54) is 12.8 Å². The summed E-state index contributed by atoms with van der Waals surface area (Å²) in [5.74, 6) is 1.54. The Bertz CT molecular complexity index is 729. The maximum atomic E-state index is 12.7. The van der Waals surface area contributed by atoms with Gasteiger partial charge in [0.1, 0.15) is 0 Å². The summed E-state index contributed by atoms with van der Waals surface area (Å²) in [4.78, 5) is 15.1. The number of aliphatic hydroxyl groups is 1. The molecule has 0 aromatic carbocycles. The van der Waals surface area contributed by atoms with E-state index in [9.17, 15) is 9.90 Å². The van der Waals surface area contributed by atoms with Crippen LogP contribution in [-0.4, -0.2) is 105 Å². The quantitative estimate of drug-likeness (QED) is 0.389. The number of rotatable bonds is 10.